The molecule has 2 heterocycles. The molecule has 2 aromatic carbocycles. The lowest BCUT2D eigenvalue weighted by Crippen LogP contribution is -2.47. The van der Waals surface area contributed by atoms with Crippen molar-refractivity contribution in [1.29, 1.82) is 0 Å². The van der Waals surface area contributed by atoms with Gasteiger partial charge in [0.25, 0.3) is 0 Å². The maximum Gasteiger partial charge on any atom is 0.242 e. The minimum atomic E-state index is -0.462. The fraction of sp³-hybridized carbons (Fsp3) is 0.350. The number of benzene rings is 2. The van der Waals surface area contributed by atoms with Crippen molar-refractivity contribution in [2.24, 2.45) is 0 Å². The fourth-order valence-electron chi connectivity index (χ4n) is 4.07. The molecule has 2 aliphatic heterocycles. The number of halogens is 2. The Morgan fingerprint density at radius 3 is 2.76 bits per heavy atom. The zero-order valence-corrected chi connectivity index (χ0v) is 14.8. The molecular formula is C20H20ClFN2O. The second kappa shape index (κ2) is 6.11. The van der Waals surface area contributed by atoms with Gasteiger partial charge in [-0.1, -0.05) is 35.9 Å². The van der Waals surface area contributed by atoms with Crippen LogP contribution in [0.1, 0.15) is 30.9 Å². The highest BCUT2D eigenvalue weighted by atomic mass is 35.5. The molecule has 0 aliphatic carbocycles. The average molecular weight is 359 g/mol. The smallest absolute Gasteiger partial charge is 0.242 e. The molecule has 2 fully saturated rings. The molecule has 0 radical (unpaired) electrons. The molecule has 1 N–H and O–H groups in total. The van der Waals surface area contributed by atoms with Crippen molar-refractivity contribution < 1.29 is 9.18 Å². The molecule has 2 atom stereocenters. The van der Waals surface area contributed by atoms with Crippen molar-refractivity contribution in [1.82, 2.24) is 10.2 Å². The lowest BCUT2D eigenvalue weighted by molar-refractivity contribution is -0.131. The molecule has 2 aromatic rings. The van der Waals surface area contributed by atoms with E-state index < -0.39 is 5.54 Å². The molecule has 3 nitrogen and oxygen atoms in total. The number of nitrogens with zero attached hydrogens (tertiary/aromatic N) is 1. The maximum absolute atomic E-state index is 14.1. The molecule has 130 valence electrons. The van der Waals surface area contributed by atoms with Crippen molar-refractivity contribution >= 4 is 17.5 Å². The average Bonchev–Trinajstić information content (AvgIpc) is 3.16. The number of amides is 1. The Morgan fingerprint density at radius 2 is 2.04 bits per heavy atom. The van der Waals surface area contributed by atoms with Gasteiger partial charge in [-0.25, -0.2) is 4.39 Å². The van der Waals surface area contributed by atoms with Crippen LogP contribution >= 0.6 is 11.6 Å². The van der Waals surface area contributed by atoms with Crippen LogP contribution < -0.4 is 5.32 Å². The number of rotatable bonds is 2. The first-order valence-electron chi connectivity index (χ1n) is 8.58. The van der Waals surface area contributed by atoms with Crippen LogP contribution in [0, 0.1) is 5.82 Å². The first-order chi connectivity index (χ1) is 12.0. The zero-order chi connectivity index (χ0) is 17.6. The molecule has 0 bridgehead atoms. The highest BCUT2D eigenvalue weighted by molar-refractivity contribution is 6.31. The summed E-state index contributed by atoms with van der Waals surface area (Å²) < 4.78 is 14.1. The van der Waals surface area contributed by atoms with E-state index >= 15 is 0 Å². The van der Waals surface area contributed by atoms with Crippen molar-refractivity contribution in [3.63, 3.8) is 0 Å². The third-order valence-electron chi connectivity index (χ3n) is 5.50. The predicted octanol–water partition coefficient (Wildman–Crippen LogP) is 4.17. The number of nitrogens with one attached hydrogen (secondary N) is 1. The SMILES string of the molecule is CN1CC[C@]2(CC[C@@H](c3cc(-c4ccccc4F)ccc3Cl)N2)C1=O. The monoisotopic (exact) mass is 358 g/mol. The zero-order valence-electron chi connectivity index (χ0n) is 14.1. The van der Waals surface area contributed by atoms with Crippen LogP contribution in [0.5, 0.6) is 0 Å². The van der Waals surface area contributed by atoms with Crippen molar-refractivity contribution in [3.8, 4) is 11.1 Å². The molecule has 1 amide bonds. The van der Waals surface area contributed by atoms with Gasteiger partial charge in [-0.2, -0.15) is 0 Å². The third kappa shape index (κ3) is 2.74. The van der Waals surface area contributed by atoms with Gasteiger partial charge in [0.1, 0.15) is 11.4 Å². The highest BCUT2D eigenvalue weighted by Crippen LogP contribution is 2.41. The molecule has 0 unspecified atom stereocenters. The summed E-state index contributed by atoms with van der Waals surface area (Å²) in [6.07, 6.45) is 2.48. The summed E-state index contributed by atoms with van der Waals surface area (Å²) >= 11 is 6.43. The Kier molecular flexibility index (Phi) is 4.05. The second-order valence-electron chi connectivity index (χ2n) is 7.01. The summed E-state index contributed by atoms with van der Waals surface area (Å²) in [7, 11) is 1.85. The molecular weight excluding hydrogens is 339 g/mol. The van der Waals surface area contributed by atoms with Crippen LogP contribution in [-0.4, -0.2) is 29.9 Å². The lowest BCUT2D eigenvalue weighted by atomic mass is 9.95. The first-order valence-corrected chi connectivity index (χ1v) is 8.96. The summed E-state index contributed by atoms with van der Waals surface area (Å²) in [5.74, 6) is -0.0874. The van der Waals surface area contributed by atoms with Crippen LogP contribution in [0.3, 0.4) is 0 Å². The molecule has 5 heteroatoms. The van der Waals surface area contributed by atoms with Gasteiger partial charge < -0.3 is 4.90 Å². The van der Waals surface area contributed by atoms with Gasteiger partial charge in [0.2, 0.25) is 5.91 Å². The van der Waals surface area contributed by atoms with Gasteiger partial charge in [0.15, 0.2) is 0 Å². The minimum absolute atomic E-state index is 0.00896. The van der Waals surface area contributed by atoms with Crippen LogP contribution in [0.4, 0.5) is 4.39 Å². The molecule has 4 rings (SSSR count). The highest BCUT2D eigenvalue weighted by Gasteiger charge is 2.50. The topological polar surface area (TPSA) is 32.3 Å². The number of hydrogen-bond acceptors (Lipinski definition) is 2. The number of hydrogen-bond donors (Lipinski definition) is 1. The molecule has 25 heavy (non-hydrogen) atoms. The van der Waals surface area contributed by atoms with Crippen LogP contribution in [0.15, 0.2) is 42.5 Å². The van der Waals surface area contributed by atoms with Crippen LogP contribution in [-0.2, 0) is 4.79 Å². The Bertz CT molecular complexity index is 840. The van der Waals surface area contributed by atoms with Crippen LogP contribution in [0.2, 0.25) is 5.02 Å². The van der Waals surface area contributed by atoms with Gasteiger partial charge in [-0.15, -0.1) is 0 Å². The van der Waals surface area contributed by atoms with E-state index in [1.807, 2.05) is 31.3 Å². The van der Waals surface area contributed by atoms with E-state index in [9.17, 15) is 9.18 Å². The van der Waals surface area contributed by atoms with Crippen LogP contribution in [0.25, 0.3) is 11.1 Å². The summed E-state index contributed by atoms with van der Waals surface area (Å²) in [5.41, 5.74) is 1.83. The van der Waals surface area contributed by atoms with E-state index in [0.29, 0.717) is 10.6 Å². The maximum atomic E-state index is 14.1. The molecule has 0 saturated carbocycles. The third-order valence-corrected chi connectivity index (χ3v) is 5.84. The van der Waals surface area contributed by atoms with Gasteiger partial charge in [-0.3, -0.25) is 10.1 Å². The minimum Gasteiger partial charge on any atom is -0.344 e. The molecule has 0 aromatic heterocycles. The van der Waals surface area contributed by atoms with Gasteiger partial charge in [-0.05, 0) is 48.6 Å². The van der Waals surface area contributed by atoms with E-state index in [2.05, 4.69) is 5.32 Å². The van der Waals surface area contributed by atoms with E-state index in [1.54, 1.807) is 17.0 Å². The second-order valence-corrected chi connectivity index (χ2v) is 7.42. The Balaban J connectivity index is 1.67. The Labute approximate surface area is 151 Å². The number of likely N-dealkylation sites (N-methyl/N-ethyl adjacent to an activating group) is 1. The predicted molar refractivity (Wildman–Crippen MR) is 96.9 cm³/mol. The lowest BCUT2D eigenvalue weighted by Gasteiger charge is -2.24. The van der Waals surface area contributed by atoms with Crippen molar-refractivity contribution in [3.05, 3.63) is 58.9 Å². The normalized spacial score (nSPS) is 26.0. The van der Waals surface area contributed by atoms with Crippen molar-refractivity contribution in [2.75, 3.05) is 13.6 Å². The van der Waals surface area contributed by atoms with Gasteiger partial charge in [0.05, 0.1) is 0 Å². The number of carbonyl (C=O) groups excluding carboxylic acids is 1. The first kappa shape index (κ1) is 16.6. The molecule has 2 aliphatic rings. The molecule has 2 saturated heterocycles. The Hall–Kier alpha value is -1.91. The number of carbonyl (C=O) groups is 1. The quantitative estimate of drug-likeness (QED) is 0.873. The Morgan fingerprint density at radius 1 is 1.24 bits per heavy atom. The van der Waals surface area contributed by atoms with E-state index in [4.69, 9.17) is 11.6 Å². The van der Waals surface area contributed by atoms with E-state index in [0.717, 1.165) is 36.9 Å². The summed E-state index contributed by atoms with van der Waals surface area (Å²) in [5, 5.41) is 4.17. The number of likely N-dealkylation sites (tertiary alicyclic amines) is 1. The summed E-state index contributed by atoms with van der Waals surface area (Å²) in [6.45, 7) is 0.779. The molecule has 1 spiro atoms. The van der Waals surface area contributed by atoms with Crippen molar-refractivity contribution in [2.45, 2.75) is 30.8 Å². The standard InChI is InChI=1S/C20H20ClFN2O/c1-24-11-10-20(19(24)25)9-8-18(23-20)15-12-13(6-7-16(15)21)14-4-2-3-5-17(14)22/h2-7,12,18,23H,8-11H2,1H3/t18-,20+/m0/s1. The van der Waals surface area contributed by atoms with E-state index in [-0.39, 0.29) is 17.8 Å². The fourth-order valence-corrected chi connectivity index (χ4v) is 4.32. The van der Waals surface area contributed by atoms with Gasteiger partial charge in [0, 0.05) is 30.2 Å². The largest absolute Gasteiger partial charge is 0.344 e. The van der Waals surface area contributed by atoms with E-state index in [1.165, 1.54) is 6.07 Å². The summed E-state index contributed by atoms with van der Waals surface area (Å²) in [6, 6.07) is 12.3. The summed E-state index contributed by atoms with van der Waals surface area (Å²) in [4.78, 5) is 14.3. The van der Waals surface area contributed by atoms with Gasteiger partial charge >= 0.3 is 0 Å².